The normalized spacial score (nSPS) is 10.8. The van der Waals surface area contributed by atoms with Crippen molar-refractivity contribution in [3.8, 4) is 11.5 Å². The van der Waals surface area contributed by atoms with Crippen LogP contribution < -0.4 is 16.0 Å². The Morgan fingerprint density at radius 3 is 2.58 bits per heavy atom. The van der Waals surface area contributed by atoms with Gasteiger partial charge in [0.1, 0.15) is 17.6 Å². The third kappa shape index (κ3) is 7.24. The summed E-state index contributed by atoms with van der Waals surface area (Å²) in [7, 11) is 0. The monoisotopic (exact) mass is 536 g/mol. The van der Waals surface area contributed by atoms with E-state index in [2.05, 4.69) is 25.9 Å². The van der Waals surface area contributed by atoms with E-state index in [9.17, 15) is 10.1 Å². The van der Waals surface area contributed by atoms with Crippen LogP contribution in [0.25, 0.3) is 11.5 Å². The van der Waals surface area contributed by atoms with Crippen molar-refractivity contribution in [2.24, 2.45) is 4.99 Å². The standard InChI is InChI=1S/C21H24N6O3.HI/c1-2-22-21(24-13-12-23-18-10-6-7-11-19(18)27(28)29)25-14-17-15-30-20(26-17)16-8-4-3-5-9-16;/h3-11,15,23H,2,12-14H2,1H3,(H2,22,24,25);1H. The Kier molecular flexibility index (Phi) is 9.75. The van der Waals surface area contributed by atoms with Crippen molar-refractivity contribution in [2.75, 3.05) is 25.0 Å². The zero-order valence-electron chi connectivity index (χ0n) is 17.1. The number of halogens is 1. The van der Waals surface area contributed by atoms with Crippen molar-refractivity contribution < 1.29 is 9.34 Å². The molecule has 0 spiro atoms. The molecule has 0 radical (unpaired) electrons. The molecular formula is C21H25IN6O3. The number of nitro benzene ring substituents is 1. The number of para-hydroxylation sites is 2. The molecule has 0 fully saturated rings. The van der Waals surface area contributed by atoms with E-state index in [0.717, 1.165) is 11.3 Å². The molecule has 31 heavy (non-hydrogen) atoms. The number of oxazole rings is 1. The fourth-order valence-electron chi connectivity index (χ4n) is 2.76. The molecule has 0 amide bonds. The molecule has 3 rings (SSSR count). The van der Waals surface area contributed by atoms with Crippen LogP contribution in [-0.2, 0) is 6.54 Å². The minimum atomic E-state index is -0.400. The van der Waals surface area contributed by atoms with Gasteiger partial charge in [-0.25, -0.2) is 9.98 Å². The quantitative estimate of drug-likeness (QED) is 0.0944. The summed E-state index contributed by atoms with van der Waals surface area (Å²) in [6.45, 7) is 4.08. The minimum Gasteiger partial charge on any atom is -0.444 e. The maximum Gasteiger partial charge on any atom is 0.292 e. The summed E-state index contributed by atoms with van der Waals surface area (Å²) in [4.78, 5) is 19.7. The summed E-state index contributed by atoms with van der Waals surface area (Å²) in [6, 6.07) is 16.3. The number of nitrogens with one attached hydrogen (secondary N) is 3. The summed E-state index contributed by atoms with van der Waals surface area (Å²) < 4.78 is 5.53. The lowest BCUT2D eigenvalue weighted by atomic mass is 10.2. The topological polar surface area (TPSA) is 118 Å². The first-order valence-electron chi connectivity index (χ1n) is 9.66. The van der Waals surface area contributed by atoms with Crippen molar-refractivity contribution in [3.63, 3.8) is 0 Å². The predicted molar refractivity (Wildman–Crippen MR) is 132 cm³/mol. The van der Waals surface area contributed by atoms with Gasteiger partial charge in [0.25, 0.3) is 5.69 Å². The molecule has 3 N–H and O–H groups in total. The molecule has 1 heterocycles. The zero-order valence-corrected chi connectivity index (χ0v) is 19.4. The van der Waals surface area contributed by atoms with Crippen LogP contribution in [-0.4, -0.2) is 35.5 Å². The Morgan fingerprint density at radius 1 is 1.10 bits per heavy atom. The summed E-state index contributed by atoms with van der Waals surface area (Å²) in [6.07, 6.45) is 1.60. The van der Waals surface area contributed by atoms with Crippen LogP contribution >= 0.6 is 24.0 Å². The first kappa shape index (κ1) is 24.1. The van der Waals surface area contributed by atoms with Gasteiger partial charge in [0.05, 0.1) is 11.5 Å². The molecule has 3 aromatic rings. The van der Waals surface area contributed by atoms with Gasteiger partial charge in [0.2, 0.25) is 5.89 Å². The highest BCUT2D eigenvalue weighted by Gasteiger charge is 2.11. The number of nitrogens with zero attached hydrogens (tertiary/aromatic N) is 3. The van der Waals surface area contributed by atoms with Gasteiger partial charge in [-0.05, 0) is 25.1 Å². The maximum atomic E-state index is 11.1. The Labute approximate surface area is 197 Å². The summed E-state index contributed by atoms with van der Waals surface area (Å²) >= 11 is 0. The molecule has 0 bridgehead atoms. The van der Waals surface area contributed by atoms with E-state index in [1.807, 2.05) is 37.3 Å². The molecule has 0 saturated carbocycles. The molecule has 2 aromatic carbocycles. The molecule has 164 valence electrons. The van der Waals surface area contributed by atoms with E-state index in [4.69, 9.17) is 4.42 Å². The highest BCUT2D eigenvalue weighted by Crippen LogP contribution is 2.22. The van der Waals surface area contributed by atoms with Crippen LogP contribution in [0, 0.1) is 10.1 Å². The number of benzene rings is 2. The van der Waals surface area contributed by atoms with Gasteiger partial charge in [-0.15, -0.1) is 24.0 Å². The molecular weight excluding hydrogens is 511 g/mol. The van der Waals surface area contributed by atoms with E-state index in [1.54, 1.807) is 24.5 Å². The molecule has 0 saturated heterocycles. The number of aromatic nitrogens is 1. The van der Waals surface area contributed by atoms with Gasteiger partial charge in [-0.3, -0.25) is 10.1 Å². The second-order valence-corrected chi connectivity index (χ2v) is 6.33. The summed E-state index contributed by atoms with van der Waals surface area (Å²) in [5.41, 5.74) is 2.18. The third-order valence-electron chi connectivity index (χ3n) is 4.15. The van der Waals surface area contributed by atoms with E-state index in [1.165, 1.54) is 6.07 Å². The fraction of sp³-hybridized carbons (Fsp3) is 0.238. The van der Waals surface area contributed by atoms with Gasteiger partial charge in [-0.2, -0.15) is 0 Å². The summed E-state index contributed by atoms with van der Waals surface area (Å²) in [5, 5.41) is 20.5. The number of guanidine groups is 1. The Bertz CT molecular complexity index is 994. The van der Waals surface area contributed by atoms with Gasteiger partial charge in [0.15, 0.2) is 5.96 Å². The first-order valence-corrected chi connectivity index (χ1v) is 9.66. The fourth-order valence-corrected chi connectivity index (χ4v) is 2.76. The van der Waals surface area contributed by atoms with Crippen LogP contribution in [0.4, 0.5) is 11.4 Å². The molecule has 0 atom stereocenters. The minimum absolute atomic E-state index is 0. The van der Waals surface area contributed by atoms with Crippen molar-refractivity contribution >= 4 is 41.3 Å². The summed E-state index contributed by atoms with van der Waals surface area (Å²) in [5.74, 6) is 1.19. The smallest absolute Gasteiger partial charge is 0.292 e. The highest BCUT2D eigenvalue weighted by atomic mass is 127. The van der Waals surface area contributed by atoms with E-state index in [0.29, 0.717) is 43.7 Å². The first-order chi connectivity index (χ1) is 14.7. The average Bonchev–Trinajstić information content (AvgIpc) is 3.25. The SMILES string of the molecule is CCNC(=NCc1coc(-c2ccccc2)n1)NCCNc1ccccc1[N+](=O)[O-].I. The van der Waals surface area contributed by atoms with E-state index >= 15 is 0 Å². The van der Waals surface area contributed by atoms with Crippen LogP contribution in [0.15, 0.2) is 70.3 Å². The Balaban J connectivity index is 0.00000341. The van der Waals surface area contributed by atoms with Crippen LogP contribution in [0.3, 0.4) is 0 Å². The molecule has 0 aliphatic carbocycles. The van der Waals surface area contributed by atoms with Crippen molar-refractivity contribution in [3.05, 3.63) is 76.7 Å². The molecule has 0 aliphatic rings. The maximum absolute atomic E-state index is 11.1. The second-order valence-electron chi connectivity index (χ2n) is 6.33. The number of anilines is 1. The van der Waals surface area contributed by atoms with Gasteiger partial charge in [-0.1, -0.05) is 30.3 Å². The van der Waals surface area contributed by atoms with Crippen molar-refractivity contribution in [1.82, 2.24) is 15.6 Å². The number of hydrogen-bond donors (Lipinski definition) is 3. The average molecular weight is 536 g/mol. The van der Waals surface area contributed by atoms with Crippen molar-refractivity contribution in [2.45, 2.75) is 13.5 Å². The molecule has 10 heteroatoms. The zero-order chi connectivity index (χ0) is 21.2. The Hall–Kier alpha value is -3.15. The molecule has 1 aromatic heterocycles. The van der Waals surface area contributed by atoms with E-state index in [-0.39, 0.29) is 29.7 Å². The van der Waals surface area contributed by atoms with Gasteiger partial charge >= 0.3 is 0 Å². The van der Waals surface area contributed by atoms with Gasteiger partial charge < -0.3 is 20.4 Å². The van der Waals surface area contributed by atoms with Crippen LogP contribution in [0.1, 0.15) is 12.6 Å². The lowest BCUT2D eigenvalue weighted by molar-refractivity contribution is -0.384. The number of rotatable bonds is 9. The predicted octanol–water partition coefficient (Wildman–Crippen LogP) is 4.04. The van der Waals surface area contributed by atoms with Gasteiger partial charge in [0, 0.05) is 31.3 Å². The lowest BCUT2D eigenvalue weighted by Crippen LogP contribution is -2.39. The lowest BCUT2D eigenvalue weighted by Gasteiger charge is -2.12. The highest BCUT2D eigenvalue weighted by molar-refractivity contribution is 14.0. The van der Waals surface area contributed by atoms with Crippen LogP contribution in [0.2, 0.25) is 0 Å². The second kappa shape index (κ2) is 12.5. The van der Waals surface area contributed by atoms with E-state index < -0.39 is 4.92 Å². The number of nitro groups is 1. The Morgan fingerprint density at radius 2 is 1.84 bits per heavy atom. The molecule has 9 nitrogen and oxygen atoms in total. The third-order valence-corrected chi connectivity index (χ3v) is 4.15. The van der Waals surface area contributed by atoms with Crippen LogP contribution in [0.5, 0.6) is 0 Å². The number of hydrogen-bond acceptors (Lipinski definition) is 6. The largest absolute Gasteiger partial charge is 0.444 e. The molecule has 0 aliphatic heterocycles. The number of aliphatic imine (C=N–C) groups is 1. The van der Waals surface area contributed by atoms with Crippen molar-refractivity contribution in [1.29, 1.82) is 0 Å². The molecule has 0 unspecified atom stereocenters.